The second-order valence-corrected chi connectivity index (χ2v) is 6.48. The molecular formula is C18H23N3O4. The summed E-state index contributed by atoms with van der Waals surface area (Å²) >= 11 is 0. The first kappa shape index (κ1) is 17.3. The van der Waals surface area contributed by atoms with Crippen LogP contribution >= 0.6 is 0 Å². The highest BCUT2D eigenvalue weighted by Gasteiger charge is 2.51. The van der Waals surface area contributed by atoms with Gasteiger partial charge in [-0.3, -0.25) is 14.5 Å². The Morgan fingerprint density at radius 3 is 2.60 bits per heavy atom. The van der Waals surface area contributed by atoms with E-state index >= 15 is 0 Å². The van der Waals surface area contributed by atoms with Crippen molar-refractivity contribution < 1.29 is 19.1 Å². The Labute approximate surface area is 146 Å². The Kier molecular flexibility index (Phi) is 5.21. The zero-order valence-electron chi connectivity index (χ0n) is 14.1. The van der Waals surface area contributed by atoms with E-state index in [0.29, 0.717) is 26.0 Å². The Hall–Kier alpha value is -2.57. The van der Waals surface area contributed by atoms with E-state index in [1.807, 2.05) is 30.3 Å². The smallest absolute Gasteiger partial charge is 0.325 e. The number of carbonyl (C=O) groups excluding carboxylic acids is 3. The highest BCUT2D eigenvalue weighted by Crippen LogP contribution is 2.33. The SMILES string of the molecule is O=C(CN1C(=O)NC2(CCCCC2)C1=O)NCCOc1ccccc1. The van der Waals surface area contributed by atoms with E-state index in [1.165, 1.54) is 0 Å². The minimum absolute atomic E-state index is 0.252. The van der Waals surface area contributed by atoms with Crippen molar-refractivity contribution in [1.29, 1.82) is 0 Å². The van der Waals surface area contributed by atoms with Crippen LogP contribution < -0.4 is 15.4 Å². The van der Waals surface area contributed by atoms with Gasteiger partial charge in [0.1, 0.15) is 24.4 Å². The molecule has 3 rings (SSSR count). The molecule has 0 atom stereocenters. The Morgan fingerprint density at radius 2 is 1.88 bits per heavy atom. The van der Waals surface area contributed by atoms with Crippen LogP contribution in [0.1, 0.15) is 32.1 Å². The zero-order valence-corrected chi connectivity index (χ0v) is 14.1. The summed E-state index contributed by atoms with van der Waals surface area (Å²) in [6.07, 6.45) is 4.22. The van der Waals surface area contributed by atoms with Gasteiger partial charge < -0.3 is 15.4 Å². The molecule has 7 heteroatoms. The zero-order chi connectivity index (χ0) is 17.7. The molecule has 1 saturated heterocycles. The number of hydrogen-bond acceptors (Lipinski definition) is 4. The number of amides is 4. The molecule has 0 radical (unpaired) electrons. The molecule has 134 valence electrons. The molecule has 4 amide bonds. The second kappa shape index (κ2) is 7.55. The number of nitrogens with zero attached hydrogens (tertiary/aromatic N) is 1. The first-order chi connectivity index (χ1) is 12.1. The van der Waals surface area contributed by atoms with Crippen LogP contribution in [-0.4, -0.2) is 48.0 Å². The van der Waals surface area contributed by atoms with Gasteiger partial charge in [0, 0.05) is 0 Å². The number of carbonyl (C=O) groups is 3. The first-order valence-electron chi connectivity index (χ1n) is 8.69. The minimum Gasteiger partial charge on any atom is -0.492 e. The van der Waals surface area contributed by atoms with Crippen LogP contribution in [0.25, 0.3) is 0 Å². The van der Waals surface area contributed by atoms with Gasteiger partial charge in [0.15, 0.2) is 0 Å². The third-order valence-electron chi connectivity index (χ3n) is 4.69. The van der Waals surface area contributed by atoms with E-state index in [0.717, 1.165) is 29.9 Å². The van der Waals surface area contributed by atoms with E-state index in [-0.39, 0.29) is 18.4 Å². The lowest BCUT2D eigenvalue weighted by molar-refractivity contribution is -0.135. The molecule has 1 aromatic rings. The van der Waals surface area contributed by atoms with E-state index in [9.17, 15) is 14.4 Å². The normalized spacial score (nSPS) is 19.0. The predicted octanol–water partition coefficient (Wildman–Crippen LogP) is 1.44. The number of benzene rings is 1. The van der Waals surface area contributed by atoms with Crippen molar-refractivity contribution in [3.63, 3.8) is 0 Å². The van der Waals surface area contributed by atoms with Crippen LogP contribution in [0, 0.1) is 0 Å². The lowest BCUT2D eigenvalue weighted by Crippen LogP contribution is -2.49. The predicted molar refractivity (Wildman–Crippen MR) is 91.0 cm³/mol. The molecule has 0 unspecified atom stereocenters. The molecule has 2 fully saturated rings. The molecule has 1 heterocycles. The van der Waals surface area contributed by atoms with E-state index in [4.69, 9.17) is 4.74 Å². The highest BCUT2D eigenvalue weighted by atomic mass is 16.5. The summed E-state index contributed by atoms with van der Waals surface area (Å²) in [7, 11) is 0. The van der Waals surface area contributed by atoms with Crippen LogP contribution in [0.15, 0.2) is 30.3 Å². The minimum atomic E-state index is -0.786. The third kappa shape index (κ3) is 3.92. The standard InChI is InChI=1S/C18H23N3O4/c22-15(19-11-12-25-14-7-3-1-4-8-14)13-21-16(23)18(20-17(21)24)9-5-2-6-10-18/h1,3-4,7-8H,2,5-6,9-13H2,(H,19,22)(H,20,24). The molecule has 1 aromatic carbocycles. The first-order valence-corrected chi connectivity index (χ1v) is 8.69. The van der Waals surface area contributed by atoms with Crippen molar-refractivity contribution in [2.24, 2.45) is 0 Å². The summed E-state index contributed by atoms with van der Waals surface area (Å²) < 4.78 is 5.48. The number of imide groups is 1. The number of ether oxygens (including phenoxy) is 1. The Morgan fingerprint density at radius 1 is 1.16 bits per heavy atom. The lowest BCUT2D eigenvalue weighted by Gasteiger charge is -2.30. The molecule has 2 N–H and O–H groups in total. The number of hydrogen-bond donors (Lipinski definition) is 2. The van der Waals surface area contributed by atoms with Crippen molar-refractivity contribution in [3.05, 3.63) is 30.3 Å². The van der Waals surface area contributed by atoms with Crippen LogP contribution in [0.5, 0.6) is 5.75 Å². The summed E-state index contributed by atoms with van der Waals surface area (Å²) in [6.45, 7) is 0.375. The number of urea groups is 1. The highest BCUT2D eigenvalue weighted by molar-refractivity contribution is 6.09. The fraction of sp³-hybridized carbons (Fsp3) is 0.500. The molecule has 0 bridgehead atoms. The summed E-state index contributed by atoms with van der Waals surface area (Å²) in [5.74, 6) is 0.0889. The third-order valence-corrected chi connectivity index (χ3v) is 4.69. The number of rotatable bonds is 6. The van der Waals surface area contributed by atoms with Crippen molar-refractivity contribution in [2.75, 3.05) is 19.7 Å². The fourth-order valence-electron chi connectivity index (χ4n) is 3.39. The van der Waals surface area contributed by atoms with Crippen LogP contribution in [0.4, 0.5) is 4.79 Å². The topological polar surface area (TPSA) is 87.7 Å². The number of para-hydroxylation sites is 1. The van der Waals surface area contributed by atoms with Gasteiger partial charge >= 0.3 is 6.03 Å². The van der Waals surface area contributed by atoms with Gasteiger partial charge in [-0.05, 0) is 25.0 Å². The van der Waals surface area contributed by atoms with Crippen molar-refractivity contribution in [1.82, 2.24) is 15.5 Å². The quantitative estimate of drug-likeness (QED) is 0.603. The summed E-state index contributed by atoms with van der Waals surface area (Å²) in [4.78, 5) is 37.7. The molecule has 2 aliphatic rings. The molecule has 1 spiro atoms. The second-order valence-electron chi connectivity index (χ2n) is 6.48. The summed E-state index contributed by atoms with van der Waals surface area (Å²) in [5.41, 5.74) is -0.786. The Bertz CT molecular complexity index is 641. The molecule has 25 heavy (non-hydrogen) atoms. The van der Waals surface area contributed by atoms with E-state index < -0.39 is 11.6 Å². The van der Waals surface area contributed by atoms with E-state index in [2.05, 4.69) is 10.6 Å². The lowest BCUT2D eigenvalue weighted by atomic mass is 9.82. The number of nitrogens with one attached hydrogen (secondary N) is 2. The van der Waals surface area contributed by atoms with Crippen molar-refractivity contribution in [2.45, 2.75) is 37.6 Å². The average molecular weight is 345 g/mol. The van der Waals surface area contributed by atoms with Crippen LogP contribution in [-0.2, 0) is 9.59 Å². The van der Waals surface area contributed by atoms with Crippen molar-refractivity contribution in [3.8, 4) is 5.75 Å². The molecule has 0 aromatic heterocycles. The van der Waals surface area contributed by atoms with Gasteiger partial charge in [-0.25, -0.2) is 4.79 Å². The maximum absolute atomic E-state index is 12.6. The summed E-state index contributed by atoms with van der Waals surface area (Å²) in [6, 6.07) is 8.82. The maximum atomic E-state index is 12.6. The largest absolute Gasteiger partial charge is 0.492 e. The van der Waals surface area contributed by atoms with Gasteiger partial charge in [-0.2, -0.15) is 0 Å². The van der Waals surface area contributed by atoms with Crippen LogP contribution in [0.2, 0.25) is 0 Å². The van der Waals surface area contributed by atoms with Crippen LogP contribution in [0.3, 0.4) is 0 Å². The average Bonchev–Trinajstić information content (AvgIpc) is 2.84. The molecule has 1 aliphatic heterocycles. The van der Waals surface area contributed by atoms with Gasteiger partial charge in [-0.15, -0.1) is 0 Å². The van der Waals surface area contributed by atoms with Gasteiger partial charge in [0.25, 0.3) is 5.91 Å². The van der Waals surface area contributed by atoms with Gasteiger partial charge in [0.2, 0.25) is 5.91 Å². The fourth-order valence-corrected chi connectivity index (χ4v) is 3.39. The molecule has 1 saturated carbocycles. The Balaban J connectivity index is 1.44. The van der Waals surface area contributed by atoms with Crippen molar-refractivity contribution >= 4 is 17.8 Å². The monoisotopic (exact) mass is 345 g/mol. The molecule has 1 aliphatic carbocycles. The van der Waals surface area contributed by atoms with E-state index in [1.54, 1.807) is 0 Å². The van der Waals surface area contributed by atoms with Gasteiger partial charge in [0.05, 0.1) is 6.54 Å². The molecule has 7 nitrogen and oxygen atoms in total. The maximum Gasteiger partial charge on any atom is 0.325 e. The molecular weight excluding hydrogens is 322 g/mol. The van der Waals surface area contributed by atoms with Gasteiger partial charge in [-0.1, -0.05) is 37.5 Å². The summed E-state index contributed by atoms with van der Waals surface area (Å²) in [5, 5.41) is 5.47.